The van der Waals surface area contributed by atoms with Crippen LogP contribution < -0.4 is 16.0 Å². The highest BCUT2D eigenvalue weighted by Gasteiger charge is 2.31. The van der Waals surface area contributed by atoms with Crippen LogP contribution in [-0.4, -0.2) is 52.9 Å². The average Bonchev–Trinajstić information content (AvgIpc) is 3.51. The number of thiophene rings is 1. The number of carbonyl (C=O) groups is 5. The molecule has 53 heavy (non-hydrogen) atoms. The van der Waals surface area contributed by atoms with Gasteiger partial charge in [-0.2, -0.15) is 0 Å². The molecule has 276 valence electrons. The lowest BCUT2D eigenvalue weighted by molar-refractivity contribution is -0.129. The minimum absolute atomic E-state index is 0.0474. The van der Waals surface area contributed by atoms with E-state index in [1.54, 1.807) is 60.4 Å². The maximum absolute atomic E-state index is 13.7. The molecule has 1 aromatic heterocycles. The van der Waals surface area contributed by atoms with Crippen LogP contribution >= 0.6 is 23.1 Å². The molecule has 0 saturated heterocycles. The summed E-state index contributed by atoms with van der Waals surface area (Å²) in [6, 6.07) is 23.6. The van der Waals surface area contributed by atoms with Gasteiger partial charge in [0.1, 0.15) is 10.7 Å². The second-order valence-corrected chi connectivity index (χ2v) is 15.2. The topological polar surface area (TPSA) is 134 Å². The molecule has 1 aliphatic rings. The van der Waals surface area contributed by atoms with E-state index in [0.29, 0.717) is 53.7 Å². The van der Waals surface area contributed by atoms with Crippen LogP contribution in [0, 0.1) is 0 Å². The van der Waals surface area contributed by atoms with Gasteiger partial charge >= 0.3 is 5.97 Å². The number of anilines is 2. The number of nitrogens with zero attached hydrogens (tertiary/aromatic N) is 1. The highest BCUT2D eigenvalue weighted by molar-refractivity contribution is 8.00. The van der Waals surface area contributed by atoms with Crippen molar-refractivity contribution in [3.8, 4) is 0 Å². The van der Waals surface area contributed by atoms with Crippen molar-refractivity contribution in [2.24, 2.45) is 0 Å². The largest absolute Gasteiger partial charge is 0.462 e. The van der Waals surface area contributed by atoms with Crippen molar-refractivity contribution in [2.75, 3.05) is 23.8 Å². The van der Waals surface area contributed by atoms with Crippen LogP contribution in [0.15, 0.2) is 89.5 Å². The molecule has 0 bridgehead atoms. The Morgan fingerprint density at radius 3 is 2.34 bits per heavy atom. The number of ether oxygens (including phenoxy) is 1. The van der Waals surface area contributed by atoms with Crippen molar-refractivity contribution in [3.05, 3.63) is 117 Å². The second-order valence-electron chi connectivity index (χ2n) is 12.8. The number of hydrogen-bond acceptors (Lipinski definition) is 8. The molecule has 0 fully saturated rings. The first-order valence-corrected chi connectivity index (χ1v) is 19.3. The summed E-state index contributed by atoms with van der Waals surface area (Å²) in [5.74, 6) is -1.40. The van der Waals surface area contributed by atoms with Gasteiger partial charge < -0.3 is 25.6 Å². The molecule has 1 unspecified atom stereocenters. The van der Waals surface area contributed by atoms with E-state index in [4.69, 9.17) is 4.74 Å². The third kappa shape index (κ3) is 10.0. The van der Waals surface area contributed by atoms with Gasteiger partial charge in [-0.15, -0.1) is 23.1 Å². The van der Waals surface area contributed by atoms with E-state index >= 15 is 0 Å². The Balaban J connectivity index is 1.33. The number of rotatable bonds is 13. The van der Waals surface area contributed by atoms with Crippen LogP contribution in [0.25, 0.3) is 6.08 Å². The molecule has 1 atom stereocenters. The van der Waals surface area contributed by atoms with Crippen molar-refractivity contribution >= 4 is 69.5 Å². The standard InChI is InChI=1S/C41H44N4O6S2/c1-6-34(39(49)44-40-36(41(50)51-7-2)32-20-21-45(26(5)46)24-35(32)53-40)52-31-15-11-14-30(23-31)42-38(48)33(43-37(47)29-12-9-8-10-13-29)22-27-16-18-28(19-17-27)25(3)4/h8-19,22-23,25,34H,6-7,20-21,24H2,1-5H3,(H,42,48)(H,43,47)(H,44,49)/b33-22+. The number of thioether (sulfide) groups is 1. The fourth-order valence-electron chi connectivity index (χ4n) is 5.79. The summed E-state index contributed by atoms with van der Waals surface area (Å²) in [5, 5.41) is 8.56. The molecule has 4 amide bonds. The molecule has 12 heteroatoms. The summed E-state index contributed by atoms with van der Waals surface area (Å²) in [6.07, 6.45) is 2.62. The van der Waals surface area contributed by atoms with Gasteiger partial charge in [0.2, 0.25) is 11.8 Å². The van der Waals surface area contributed by atoms with E-state index < -0.39 is 23.0 Å². The normalized spacial score (nSPS) is 13.2. The van der Waals surface area contributed by atoms with E-state index in [9.17, 15) is 24.0 Å². The van der Waals surface area contributed by atoms with Crippen molar-refractivity contribution in [1.82, 2.24) is 10.2 Å². The van der Waals surface area contributed by atoms with Crippen LogP contribution in [0.2, 0.25) is 0 Å². The molecule has 0 spiro atoms. The van der Waals surface area contributed by atoms with Crippen molar-refractivity contribution in [2.45, 2.75) is 70.1 Å². The molecule has 4 aromatic rings. The summed E-state index contributed by atoms with van der Waals surface area (Å²) < 4.78 is 5.35. The molecule has 0 aliphatic carbocycles. The Labute approximate surface area is 318 Å². The number of nitrogens with one attached hydrogen (secondary N) is 3. The SMILES string of the molecule is CCOC(=O)c1c(NC(=O)C(CC)Sc2cccc(NC(=O)/C(=C\c3ccc(C(C)C)cc3)NC(=O)c3ccccc3)c2)sc2c1CCN(C(C)=O)C2. The zero-order valence-corrected chi connectivity index (χ0v) is 32.1. The number of fused-ring (bicyclic) bond motifs is 1. The Bertz CT molecular complexity index is 2010. The van der Waals surface area contributed by atoms with Crippen LogP contribution in [0.5, 0.6) is 0 Å². The van der Waals surface area contributed by atoms with Crippen LogP contribution in [-0.2, 0) is 32.1 Å². The molecule has 1 aliphatic heterocycles. The van der Waals surface area contributed by atoms with Gasteiger partial charge in [0.15, 0.2) is 0 Å². The molecule has 10 nitrogen and oxygen atoms in total. The lowest BCUT2D eigenvalue weighted by Gasteiger charge is -2.25. The molecular formula is C41H44N4O6S2. The summed E-state index contributed by atoms with van der Waals surface area (Å²) in [6.45, 7) is 10.4. The fraction of sp³-hybridized carbons (Fsp3) is 0.293. The minimum atomic E-state index is -0.529. The molecule has 0 saturated carbocycles. The van der Waals surface area contributed by atoms with Gasteiger partial charge in [-0.25, -0.2) is 4.79 Å². The van der Waals surface area contributed by atoms with Gasteiger partial charge in [0.25, 0.3) is 11.8 Å². The predicted octanol–water partition coefficient (Wildman–Crippen LogP) is 7.87. The first kappa shape index (κ1) is 39.0. The average molecular weight is 753 g/mol. The molecule has 0 radical (unpaired) electrons. The van der Waals surface area contributed by atoms with E-state index in [2.05, 4.69) is 29.8 Å². The smallest absolute Gasteiger partial charge is 0.341 e. The van der Waals surface area contributed by atoms with Crippen molar-refractivity contribution < 1.29 is 28.7 Å². The summed E-state index contributed by atoms with van der Waals surface area (Å²) in [7, 11) is 0. The van der Waals surface area contributed by atoms with Gasteiger partial charge in [-0.05, 0) is 78.8 Å². The number of benzene rings is 3. The van der Waals surface area contributed by atoms with Gasteiger partial charge in [-0.1, -0.05) is 69.3 Å². The van der Waals surface area contributed by atoms with E-state index in [1.807, 2.05) is 43.3 Å². The quantitative estimate of drug-likeness (QED) is 0.0719. The lowest BCUT2D eigenvalue weighted by Crippen LogP contribution is -2.34. The summed E-state index contributed by atoms with van der Waals surface area (Å²) in [5.41, 5.74) is 4.04. The third-order valence-corrected chi connectivity index (χ3v) is 11.2. The highest BCUT2D eigenvalue weighted by atomic mass is 32.2. The Morgan fingerprint density at radius 1 is 0.943 bits per heavy atom. The zero-order chi connectivity index (χ0) is 38.1. The Kier molecular flexibility index (Phi) is 13.3. The van der Waals surface area contributed by atoms with Crippen LogP contribution in [0.4, 0.5) is 10.7 Å². The summed E-state index contributed by atoms with van der Waals surface area (Å²) >= 11 is 2.63. The molecular weight excluding hydrogens is 709 g/mol. The van der Waals surface area contributed by atoms with Gasteiger partial charge in [0.05, 0.1) is 24.0 Å². The fourth-order valence-corrected chi connectivity index (χ4v) is 8.06. The first-order valence-electron chi connectivity index (χ1n) is 17.6. The van der Waals surface area contributed by atoms with E-state index in [1.165, 1.54) is 30.0 Å². The van der Waals surface area contributed by atoms with Crippen LogP contribution in [0.3, 0.4) is 0 Å². The number of hydrogen-bond donors (Lipinski definition) is 3. The number of carbonyl (C=O) groups excluding carboxylic acids is 5. The van der Waals surface area contributed by atoms with Crippen LogP contribution in [0.1, 0.15) is 89.2 Å². The van der Waals surface area contributed by atoms with Gasteiger partial charge in [0, 0.05) is 34.5 Å². The molecule has 3 aromatic carbocycles. The first-order chi connectivity index (χ1) is 25.5. The molecule has 2 heterocycles. The van der Waals surface area contributed by atoms with E-state index in [0.717, 1.165) is 26.5 Å². The molecule has 5 rings (SSSR count). The van der Waals surface area contributed by atoms with Crippen molar-refractivity contribution in [1.29, 1.82) is 0 Å². The predicted molar refractivity (Wildman–Crippen MR) is 211 cm³/mol. The monoisotopic (exact) mass is 752 g/mol. The van der Waals surface area contributed by atoms with Crippen molar-refractivity contribution in [3.63, 3.8) is 0 Å². The maximum Gasteiger partial charge on any atom is 0.341 e. The highest BCUT2D eigenvalue weighted by Crippen LogP contribution is 2.39. The number of amides is 4. The zero-order valence-electron chi connectivity index (χ0n) is 30.5. The van der Waals surface area contributed by atoms with E-state index in [-0.39, 0.29) is 24.1 Å². The van der Waals surface area contributed by atoms with Gasteiger partial charge in [-0.3, -0.25) is 19.2 Å². The summed E-state index contributed by atoms with van der Waals surface area (Å²) in [4.78, 5) is 69.0. The third-order valence-electron chi connectivity index (χ3n) is 8.69. The second kappa shape index (κ2) is 18.0. The lowest BCUT2D eigenvalue weighted by atomic mass is 10.0. The minimum Gasteiger partial charge on any atom is -0.462 e. The number of esters is 1. The Morgan fingerprint density at radius 2 is 1.68 bits per heavy atom. The molecule has 3 N–H and O–H groups in total. The maximum atomic E-state index is 13.7. The Hall–Kier alpha value is -5.20.